The zero-order valence-corrected chi connectivity index (χ0v) is 9.94. The van der Waals surface area contributed by atoms with E-state index in [0.29, 0.717) is 24.4 Å². The molecule has 0 radical (unpaired) electrons. The zero-order valence-electron chi connectivity index (χ0n) is 9.94. The van der Waals surface area contributed by atoms with Gasteiger partial charge < -0.3 is 9.47 Å². The molecule has 98 valence electrons. The number of hydrogen-bond acceptors (Lipinski definition) is 5. The number of nitro benzene ring substituents is 1. The van der Waals surface area contributed by atoms with Gasteiger partial charge in [-0.2, -0.15) is 0 Å². The number of benzene rings is 1. The summed E-state index contributed by atoms with van der Waals surface area (Å²) in [5, 5.41) is 10.6. The molecule has 2 atom stereocenters. The Balaban J connectivity index is 1.88. The number of fused-ring (bicyclic) bond motifs is 1. The van der Waals surface area contributed by atoms with Gasteiger partial charge in [0.25, 0.3) is 5.69 Å². The van der Waals surface area contributed by atoms with E-state index in [1.165, 1.54) is 18.2 Å². The van der Waals surface area contributed by atoms with E-state index < -0.39 is 11.2 Å². The molecule has 2 aliphatic rings. The Kier molecular flexibility index (Phi) is 2.79. The molecule has 2 heterocycles. The van der Waals surface area contributed by atoms with Crippen LogP contribution in [-0.2, 0) is 14.3 Å². The molecule has 1 aromatic carbocycles. The standard InChI is InChI=1S/C13H11NO5/c15-11-7-12(19-13-10(11)5-6-18-13)8-1-3-9(4-2-8)14(16)17/h1-4,7,10,13H,5-6H2/t10-,13+/m0/s1. The summed E-state index contributed by atoms with van der Waals surface area (Å²) in [7, 11) is 0. The molecule has 3 rings (SSSR count). The highest BCUT2D eigenvalue weighted by Crippen LogP contribution is 2.33. The number of ether oxygens (including phenoxy) is 2. The van der Waals surface area contributed by atoms with Gasteiger partial charge >= 0.3 is 0 Å². The molecule has 2 aliphatic heterocycles. The van der Waals surface area contributed by atoms with Crippen LogP contribution in [-0.4, -0.2) is 23.6 Å². The highest BCUT2D eigenvalue weighted by atomic mass is 16.7. The van der Waals surface area contributed by atoms with Crippen LogP contribution in [0.15, 0.2) is 30.3 Å². The van der Waals surface area contributed by atoms with Gasteiger partial charge in [0, 0.05) is 23.8 Å². The number of carbonyl (C=O) groups excluding carboxylic acids is 1. The minimum absolute atomic E-state index is 0.00137. The third kappa shape index (κ3) is 2.10. The van der Waals surface area contributed by atoms with Gasteiger partial charge in [0.1, 0.15) is 5.76 Å². The van der Waals surface area contributed by atoms with Crippen LogP contribution in [0.25, 0.3) is 5.76 Å². The normalized spacial score (nSPS) is 25.5. The number of non-ortho nitro benzene ring substituents is 1. The van der Waals surface area contributed by atoms with E-state index in [0.717, 1.165) is 0 Å². The molecule has 1 fully saturated rings. The first-order valence-electron chi connectivity index (χ1n) is 5.94. The number of carbonyl (C=O) groups is 1. The largest absolute Gasteiger partial charge is 0.463 e. The lowest BCUT2D eigenvalue weighted by Gasteiger charge is -2.24. The smallest absolute Gasteiger partial charge is 0.269 e. The van der Waals surface area contributed by atoms with E-state index in [1.807, 2.05) is 0 Å². The third-order valence-corrected chi connectivity index (χ3v) is 3.28. The Morgan fingerprint density at radius 3 is 2.68 bits per heavy atom. The molecule has 0 aliphatic carbocycles. The number of nitrogens with zero attached hydrogens (tertiary/aromatic N) is 1. The van der Waals surface area contributed by atoms with Crippen LogP contribution in [0.1, 0.15) is 12.0 Å². The van der Waals surface area contributed by atoms with E-state index in [2.05, 4.69) is 0 Å². The molecule has 0 aromatic heterocycles. The van der Waals surface area contributed by atoms with Gasteiger partial charge in [-0.05, 0) is 18.6 Å². The maximum absolute atomic E-state index is 11.9. The second kappa shape index (κ2) is 4.47. The molecule has 0 saturated carbocycles. The van der Waals surface area contributed by atoms with Crippen molar-refractivity contribution in [3.8, 4) is 0 Å². The molecule has 1 saturated heterocycles. The highest BCUT2D eigenvalue weighted by Gasteiger charge is 2.38. The second-order valence-electron chi connectivity index (χ2n) is 4.47. The van der Waals surface area contributed by atoms with Crippen LogP contribution in [0.3, 0.4) is 0 Å². The molecular formula is C13H11NO5. The topological polar surface area (TPSA) is 78.7 Å². The minimum Gasteiger partial charge on any atom is -0.463 e. The molecule has 19 heavy (non-hydrogen) atoms. The first-order chi connectivity index (χ1) is 9.15. The van der Waals surface area contributed by atoms with Crippen LogP contribution in [0, 0.1) is 16.0 Å². The number of ketones is 1. The minimum atomic E-state index is -0.525. The zero-order chi connectivity index (χ0) is 13.4. The van der Waals surface area contributed by atoms with Crippen molar-refractivity contribution in [2.45, 2.75) is 12.7 Å². The predicted molar refractivity (Wildman–Crippen MR) is 65.0 cm³/mol. The number of rotatable bonds is 2. The van der Waals surface area contributed by atoms with Gasteiger partial charge in [0.05, 0.1) is 17.4 Å². The van der Waals surface area contributed by atoms with Gasteiger partial charge in [-0.15, -0.1) is 0 Å². The van der Waals surface area contributed by atoms with Crippen molar-refractivity contribution in [3.05, 3.63) is 46.0 Å². The van der Waals surface area contributed by atoms with Crippen molar-refractivity contribution in [2.24, 2.45) is 5.92 Å². The van der Waals surface area contributed by atoms with Gasteiger partial charge in [-0.3, -0.25) is 14.9 Å². The second-order valence-corrected chi connectivity index (χ2v) is 4.47. The van der Waals surface area contributed by atoms with Gasteiger partial charge in [0.2, 0.25) is 6.29 Å². The Labute approximate surface area is 108 Å². The molecule has 6 nitrogen and oxygen atoms in total. The first-order valence-corrected chi connectivity index (χ1v) is 5.94. The van der Waals surface area contributed by atoms with E-state index in [4.69, 9.17) is 9.47 Å². The van der Waals surface area contributed by atoms with E-state index in [-0.39, 0.29) is 17.4 Å². The summed E-state index contributed by atoms with van der Waals surface area (Å²) < 4.78 is 11.0. The van der Waals surface area contributed by atoms with Crippen molar-refractivity contribution < 1.29 is 19.2 Å². The van der Waals surface area contributed by atoms with E-state index >= 15 is 0 Å². The third-order valence-electron chi connectivity index (χ3n) is 3.28. The fraction of sp³-hybridized carbons (Fsp3) is 0.308. The molecule has 0 unspecified atom stereocenters. The summed E-state index contributed by atoms with van der Waals surface area (Å²) in [6.45, 7) is 0.516. The van der Waals surface area contributed by atoms with Crippen molar-refractivity contribution in [3.63, 3.8) is 0 Å². The van der Waals surface area contributed by atoms with Crippen LogP contribution in [0.4, 0.5) is 5.69 Å². The average molecular weight is 261 g/mol. The first kappa shape index (κ1) is 11.9. The Hall–Kier alpha value is -2.21. The predicted octanol–water partition coefficient (Wildman–Crippen LogP) is 1.90. The van der Waals surface area contributed by atoms with Crippen molar-refractivity contribution in [1.29, 1.82) is 0 Å². The summed E-state index contributed by atoms with van der Waals surface area (Å²) in [5.74, 6) is 0.173. The fourth-order valence-electron chi connectivity index (χ4n) is 2.25. The summed E-state index contributed by atoms with van der Waals surface area (Å²) in [6.07, 6.45) is 1.59. The number of hydrogen-bond donors (Lipinski definition) is 0. The van der Waals surface area contributed by atoms with Gasteiger partial charge in [-0.1, -0.05) is 0 Å². The molecule has 0 N–H and O–H groups in total. The molecule has 0 spiro atoms. The average Bonchev–Trinajstić information content (AvgIpc) is 2.87. The number of nitro groups is 1. The van der Waals surface area contributed by atoms with Crippen molar-refractivity contribution >= 4 is 17.2 Å². The van der Waals surface area contributed by atoms with E-state index in [9.17, 15) is 14.9 Å². The molecule has 0 amide bonds. The number of allylic oxidation sites excluding steroid dienone is 1. The molecule has 1 aromatic rings. The fourth-order valence-corrected chi connectivity index (χ4v) is 2.25. The van der Waals surface area contributed by atoms with Gasteiger partial charge in [0.15, 0.2) is 5.78 Å². The van der Waals surface area contributed by atoms with Crippen LogP contribution >= 0.6 is 0 Å². The molecule has 6 heteroatoms. The van der Waals surface area contributed by atoms with Crippen molar-refractivity contribution in [2.75, 3.05) is 6.61 Å². The lowest BCUT2D eigenvalue weighted by Crippen LogP contribution is -2.29. The highest BCUT2D eigenvalue weighted by molar-refractivity contribution is 5.98. The lowest BCUT2D eigenvalue weighted by molar-refractivity contribution is -0.384. The quantitative estimate of drug-likeness (QED) is 0.600. The summed E-state index contributed by atoms with van der Waals surface area (Å²) >= 11 is 0. The molecule has 0 bridgehead atoms. The Morgan fingerprint density at radius 1 is 1.26 bits per heavy atom. The summed E-state index contributed by atoms with van der Waals surface area (Å²) in [6, 6.07) is 5.89. The van der Waals surface area contributed by atoms with Crippen LogP contribution in [0.5, 0.6) is 0 Å². The lowest BCUT2D eigenvalue weighted by atomic mass is 9.97. The van der Waals surface area contributed by atoms with Crippen molar-refractivity contribution in [1.82, 2.24) is 0 Å². The monoisotopic (exact) mass is 261 g/mol. The summed E-state index contributed by atoms with van der Waals surface area (Å²) in [5.41, 5.74) is 0.634. The van der Waals surface area contributed by atoms with Crippen LogP contribution < -0.4 is 0 Å². The molecular weight excluding hydrogens is 250 g/mol. The Bertz CT molecular complexity index is 563. The summed E-state index contributed by atoms with van der Waals surface area (Å²) in [4.78, 5) is 22.0. The maximum Gasteiger partial charge on any atom is 0.269 e. The van der Waals surface area contributed by atoms with Crippen LogP contribution in [0.2, 0.25) is 0 Å². The van der Waals surface area contributed by atoms with E-state index in [1.54, 1.807) is 12.1 Å². The Morgan fingerprint density at radius 2 is 2.00 bits per heavy atom. The maximum atomic E-state index is 11.9. The van der Waals surface area contributed by atoms with Gasteiger partial charge in [-0.25, -0.2) is 0 Å². The SMILES string of the molecule is O=C1C=C(c2ccc([N+](=O)[O-])cc2)O[C@H]2OCC[C@@H]12.